The molecule has 3 fully saturated rings. The van der Waals surface area contributed by atoms with Gasteiger partial charge in [0.2, 0.25) is 5.78 Å². The molecule has 5 aliphatic carbocycles. The van der Waals surface area contributed by atoms with Gasteiger partial charge in [-0.2, -0.15) is 0 Å². The Morgan fingerprint density at radius 1 is 1.10 bits per heavy atom. The quantitative estimate of drug-likeness (QED) is 0.399. The molecule has 1 N–H and O–H groups in total. The molecule has 0 radical (unpaired) electrons. The third-order valence-corrected chi connectivity index (χ3v) is 10.4. The standard InChI is InChI=1S/C28H34O3/c1-17-8-9-28(16-29)13-12-26(4)22-7-6-19-18(2)24(31)21(30)15-20(19)25(22,3)10-11-27(26,5)23(28)14-17/h6-7,15-16,23,31H,1,8-14H2,2-5H3/t23-,25-,26+,27-,28+/m0/s1. The Labute approximate surface area is 185 Å². The first-order valence-electron chi connectivity index (χ1n) is 11.8. The minimum atomic E-state index is -0.280. The van der Waals surface area contributed by atoms with E-state index in [4.69, 9.17) is 0 Å². The van der Waals surface area contributed by atoms with E-state index in [0.717, 1.165) is 56.1 Å². The summed E-state index contributed by atoms with van der Waals surface area (Å²) in [6.07, 6.45) is 14.1. The van der Waals surface area contributed by atoms with Crippen molar-refractivity contribution in [2.24, 2.45) is 27.6 Å². The first kappa shape index (κ1) is 20.7. The highest BCUT2D eigenvalue weighted by atomic mass is 16.3. The second-order valence-electron chi connectivity index (χ2n) is 11.5. The number of carbonyl (C=O) groups is 2. The summed E-state index contributed by atoms with van der Waals surface area (Å²) in [4.78, 5) is 25.0. The molecule has 0 bridgehead atoms. The van der Waals surface area contributed by atoms with Gasteiger partial charge in [0.05, 0.1) is 0 Å². The Hall–Kier alpha value is -2.16. The fourth-order valence-electron chi connectivity index (χ4n) is 8.11. The number of aldehydes is 1. The smallest absolute Gasteiger partial charge is 0.220 e. The van der Waals surface area contributed by atoms with E-state index < -0.39 is 0 Å². The Morgan fingerprint density at radius 2 is 1.84 bits per heavy atom. The van der Waals surface area contributed by atoms with Crippen molar-refractivity contribution >= 4 is 12.1 Å². The fraction of sp³-hybridized carbons (Fsp3) is 0.571. The Balaban J connectivity index is 1.67. The van der Waals surface area contributed by atoms with Crippen molar-refractivity contribution in [3.05, 3.63) is 58.4 Å². The Morgan fingerprint density at radius 3 is 2.55 bits per heavy atom. The van der Waals surface area contributed by atoms with E-state index in [1.165, 1.54) is 17.4 Å². The number of rotatable bonds is 1. The number of fused-ring (bicyclic) bond motifs is 7. The Kier molecular flexibility index (Phi) is 4.15. The first-order valence-corrected chi connectivity index (χ1v) is 11.8. The normalized spacial score (nSPS) is 44.3. The van der Waals surface area contributed by atoms with E-state index in [0.29, 0.717) is 11.5 Å². The highest BCUT2D eigenvalue weighted by Crippen LogP contribution is 2.74. The molecule has 0 saturated heterocycles. The Bertz CT molecular complexity index is 1050. The third-order valence-electron chi connectivity index (χ3n) is 10.4. The van der Waals surface area contributed by atoms with Crippen molar-refractivity contribution in [3.8, 4) is 0 Å². The predicted octanol–water partition coefficient (Wildman–Crippen LogP) is 6.34. The average Bonchev–Trinajstić information content (AvgIpc) is 2.74. The van der Waals surface area contributed by atoms with E-state index >= 15 is 0 Å². The van der Waals surface area contributed by atoms with Crippen LogP contribution in [-0.2, 0) is 9.59 Å². The van der Waals surface area contributed by atoms with Gasteiger partial charge in [0, 0.05) is 16.4 Å². The molecular weight excluding hydrogens is 384 g/mol. The summed E-state index contributed by atoms with van der Waals surface area (Å²) < 4.78 is 0. The molecule has 0 spiro atoms. The summed E-state index contributed by atoms with van der Waals surface area (Å²) in [7, 11) is 0. The molecule has 3 saturated carbocycles. The molecule has 0 heterocycles. The van der Waals surface area contributed by atoms with E-state index in [1.54, 1.807) is 6.08 Å². The van der Waals surface area contributed by atoms with Crippen LogP contribution in [-0.4, -0.2) is 17.2 Å². The molecule has 164 valence electrons. The number of hydrogen-bond acceptors (Lipinski definition) is 3. The molecular formula is C28H34O3. The maximum absolute atomic E-state index is 12.5. The molecule has 0 unspecified atom stereocenters. The number of aliphatic hydroxyl groups excluding tert-OH is 1. The zero-order valence-electron chi connectivity index (χ0n) is 19.3. The van der Waals surface area contributed by atoms with Crippen molar-refractivity contribution in [2.45, 2.75) is 72.6 Å². The summed E-state index contributed by atoms with van der Waals surface area (Å²) in [5.74, 6) is -0.0877. The maximum Gasteiger partial charge on any atom is 0.220 e. The van der Waals surface area contributed by atoms with E-state index in [2.05, 4.69) is 39.5 Å². The summed E-state index contributed by atoms with van der Waals surface area (Å²) in [6, 6.07) is 0. The molecule has 5 rings (SSSR count). The second-order valence-corrected chi connectivity index (χ2v) is 11.5. The van der Waals surface area contributed by atoms with Crippen LogP contribution >= 0.6 is 0 Å². The zero-order chi connectivity index (χ0) is 22.4. The van der Waals surface area contributed by atoms with E-state index in [9.17, 15) is 14.7 Å². The van der Waals surface area contributed by atoms with Gasteiger partial charge in [-0.05, 0) is 85.8 Å². The minimum absolute atomic E-state index is 0.0124. The molecule has 0 aromatic heterocycles. The van der Waals surface area contributed by atoms with Crippen LogP contribution in [0.2, 0.25) is 0 Å². The first-order chi connectivity index (χ1) is 14.5. The van der Waals surface area contributed by atoms with Crippen LogP contribution in [0.5, 0.6) is 0 Å². The molecule has 31 heavy (non-hydrogen) atoms. The van der Waals surface area contributed by atoms with Crippen LogP contribution in [0.15, 0.2) is 58.4 Å². The lowest BCUT2D eigenvalue weighted by Crippen LogP contribution is -2.61. The summed E-state index contributed by atoms with van der Waals surface area (Å²) in [5.41, 5.74) is 4.97. The van der Waals surface area contributed by atoms with Gasteiger partial charge in [-0.25, -0.2) is 0 Å². The van der Waals surface area contributed by atoms with Crippen LogP contribution in [0.3, 0.4) is 0 Å². The number of carbonyl (C=O) groups excluding carboxylic acids is 2. The van der Waals surface area contributed by atoms with Gasteiger partial charge in [-0.15, -0.1) is 0 Å². The topological polar surface area (TPSA) is 54.4 Å². The monoisotopic (exact) mass is 418 g/mol. The van der Waals surface area contributed by atoms with Gasteiger partial charge in [-0.1, -0.05) is 50.6 Å². The minimum Gasteiger partial charge on any atom is -0.504 e. The number of aliphatic hydroxyl groups is 1. The molecule has 5 aliphatic rings. The second kappa shape index (κ2) is 6.21. The molecule has 0 aliphatic heterocycles. The largest absolute Gasteiger partial charge is 0.504 e. The highest BCUT2D eigenvalue weighted by Gasteiger charge is 2.66. The number of allylic oxidation sites excluding steroid dienone is 8. The molecule has 3 heteroatoms. The maximum atomic E-state index is 12.5. The van der Waals surface area contributed by atoms with Crippen LogP contribution in [0.4, 0.5) is 0 Å². The van der Waals surface area contributed by atoms with Gasteiger partial charge in [0.25, 0.3) is 0 Å². The molecule has 0 amide bonds. The zero-order valence-corrected chi connectivity index (χ0v) is 19.3. The van der Waals surface area contributed by atoms with E-state index in [-0.39, 0.29) is 33.2 Å². The average molecular weight is 419 g/mol. The SMILES string of the molecule is C=C1CC[C@]2(C=O)CC[C@]3(C)C4=CC=C5C(=CC(=O)C(O)=C5C)[C@]4(C)CC[C@@]3(C)[C@@H]2C1. The highest BCUT2D eigenvalue weighted by molar-refractivity contribution is 6.06. The van der Waals surface area contributed by atoms with Crippen molar-refractivity contribution in [3.63, 3.8) is 0 Å². The molecule has 5 atom stereocenters. The lowest BCUT2D eigenvalue weighted by molar-refractivity contribution is -0.153. The number of hydrogen-bond donors (Lipinski definition) is 1. The van der Waals surface area contributed by atoms with E-state index in [1.807, 2.05) is 6.92 Å². The van der Waals surface area contributed by atoms with Crippen molar-refractivity contribution in [2.75, 3.05) is 0 Å². The lowest BCUT2D eigenvalue weighted by atomic mass is 9.35. The molecule has 3 nitrogen and oxygen atoms in total. The third kappa shape index (κ3) is 2.36. The van der Waals surface area contributed by atoms with Crippen LogP contribution < -0.4 is 0 Å². The van der Waals surface area contributed by atoms with Crippen molar-refractivity contribution in [1.82, 2.24) is 0 Å². The molecule has 0 aromatic carbocycles. The predicted molar refractivity (Wildman–Crippen MR) is 122 cm³/mol. The van der Waals surface area contributed by atoms with Crippen LogP contribution in [0.1, 0.15) is 72.6 Å². The lowest BCUT2D eigenvalue weighted by Gasteiger charge is -2.68. The van der Waals surface area contributed by atoms with Gasteiger partial charge in [-0.3, -0.25) is 4.79 Å². The summed E-state index contributed by atoms with van der Waals surface area (Å²) >= 11 is 0. The van der Waals surface area contributed by atoms with Crippen molar-refractivity contribution < 1.29 is 14.7 Å². The van der Waals surface area contributed by atoms with Gasteiger partial charge < -0.3 is 9.90 Å². The molecule has 0 aromatic rings. The van der Waals surface area contributed by atoms with Crippen molar-refractivity contribution in [1.29, 1.82) is 0 Å². The summed E-state index contributed by atoms with van der Waals surface area (Å²) in [5, 5.41) is 10.2. The van der Waals surface area contributed by atoms with Crippen LogP contribution in [0, 0.1) is 27.6 Å². The number of ketones is 1. The van der Waals surface area contributed by atoms with Gasteiger partial charge in [0.1, 0.15) is 6.29 Å². The van der Waals surface area contributed by atoms with Gasteiger partial charge in [0.15, 0.2) is 5.76 Å². The van der Waals surface area contributed by atoms with Crippen LogP contribution in [0.25, 0.3) is 0 Å². The summed E-state index contributed by atoms with van der Waals surface area (Å²) in [6.45, 7) is 13.3. The fourth-order valence-corrected chi connectivity index (χ4v) is 8.11. The van der Waals surface area contributed by atoms with Gasteiger partial charge >= 0.3 is 0 Å².